The number of carbonyl (C=O) groups excluding carboxylic acids is 1. The van der Waals surface area contributed by atoms with E-state index in [1.165, 1.54) is 6.92 Å². The fourth-order valence-corrected chi connectivity index (χ4v) is 2.47. The largest absolute Gasteiger partial charge is 0.497 e. The zero-order valence-corrected chi connectivity index (χ0v) is 14.3. The fraction of sp³-hybridized carbons (Fsp3) is 0.222. The molecule has 0 spiro atoms. The number of hydrogen-bond donors (Lipinski definition) is 1. The Morgan fingerprint density at radius 1 is 1.24 bits per heavy atom. The first-order chi connectivity index (χ1) is 12.1. The van der Waals surface area contributed by atoms with Gasteiger partial charge in [-0.15, -0.1) is 5.10 Å². The van der Waals surface area contributed by atoms with E-state index in [4.69, 9.17) is 4.74 Å². The molecule has 2 heterocycles. The molecule has 0 aliphatic rings. The lowest BCUT2D eigenvalue weighted by molar-refractivity contribution is 0.101. The molecule has 1 atom stereocenters. The molecule has 0 fully saturated rings. The van der Waals surface area contributed by atoms with E-state index in [2.05, 4.69) is 20.6 Å². The van der Waals surface area contributed by atoms with Gasteiger partial charge < -0.3 is 10.1 Å². The molecule has 3 rings (SSSR count). The number of nitrogens with one attached hydrogen (secondary N) is 1. The van der Waals surface area contributed by atoms with Gasteiger partial charge >= 0.3 is 0 Å². The van der Waals surface area contributed by atoms with E-state index in [1.807, 2.05) is 43.3 Å². The summed E-state index contributed by atoms with van der Waals surface area (Å²) in [5.41, 5.74) is 2.08. The van der Waals surface area contributed by atoms with Crippen molar-refractivity contribution in [2.24, 2.45) is 0 Å². The summed E-state index contributed by atoms with van der Waals surface area (Å²) in [6, 6.07) is 11.2. The molecule has 1 unspecified atom stereocenters. The Morgan fingerprint density at radius 3 is 2.60 bits per heavy atom. The third-order valence-corrected chi connectivity index (χ3v) is 3.86. The fourth-order valence-electron chi connectivity index (χ4n) is 2.47. The summed E-state index contributed by atoms with van der Waals surface area (Å²) >= 11 is 0. The first-order valence-electron chi connectivity index (χ1n) is 7.87. The van der Waals surface area contributed by atoms with Crippen LogP contribution in [0.3, 0.4) is 0 Å². The van der Waals surface area contributed by atoms with Crippen molar-refractivity contribution < 1.29 is 9.53 Å². The number of nitrogens with zero attached hydrogens (tertiary/aromatic N) is 4. The van der Waals surface area contributed by atoms with Crippen molar-refractivity contribution >= 4 is 11.6 Å². The van der Waals surface area contributed by atoms with Gasteiger partial charge in [0.2, 0.25) is 0 Å². The number of methoxy groups -OCH3 is 1. The Kier molecular flexibility index (Phi) is 4.74. The first kappa shape index (κ1) is 16.6. The van der Waals surface area contributed by atoms with E-state index < -0.39 is 0 Å². The summed E-state index contributed by atoms with van der Waals surface area (Å²) in [4.78, 5) is 16.1. The van der Waals surface area contributed by atoms with Gasteiger partial charge in [-0.2, -0.15) is 4.68 Å². The molecular weight excluding hydrogens is 318 g/mol. The van der Waals surface area contributed by atoms with Gasteiger partial charge in [-0.25, -0.2) is 0 Å². The molecule has 7 nitrogen and oxygen atoms in total. The van der Waals surface area contributed by atoms with Gasteiger partial charge in [0, 0.05) is 19.3 Å². The maximum atomic E-state index is 11.9. The van der Waals surface area contributed by atoms with Crippen LogP contribution in [0.4, 0.5) is 5.82 Å². The zero-order chi connectivity index (χ0) is 17.8. The summed E-state index contributed by atoms with van der Waals surface area (Å²) in [7, 11) is 1.61. The number of carbonyl (C=O) groups is 1. The number of ether oxygens (including phenoxy) is 1. The monoisotopic (exact) mass is 337 g/mol. The molecule has 0 radical (unpaired) electrons. The number of hydrogen-bond acceptors (Lipinski definition) is 6. The number of aromatic nitrogens is 4. The lowest BCUT2D eigenvalue weighted by Crippen LogP contribution is -2.13. The summed E-state index contributed by atoms with van der Waals surface area (Å²) < 4.78 is 6.79. The van der Waals surface area contributed by atoms with E-state index in [0.717, 1.165) is 17.0 Å². The highest BCUT2D eigenvalue weighted by Crippen LogP contribution is 2.25. The van der Waals surface area contributed by atoms with Gasteiger partial charge in [-0.1, -0.05) is 11.3 Å². The average Bonchev–Trinajstić information content (AvgIpc) is 3.06. The van der Waals surface area contributed by atoms with Crippen molar-refractivity contribution in [1.29, 1.82) is 0 Å². The molecular formula is C18H19N5O2. The van der Waals surface area contributed by atoms with Gasteiger partial charge in [0.1, 0.15) is 5.75 Å². The normalized spacial score (nSPS) is 11.8. The summed E-state index contributed by atoms with van der Waals surface area (Å²) in [5.74, 6) is 1.14. The van der Waals surface area contributed by atoms with Crippen LogP contribution in [0, 0.1) is 0 Å². The van der Waals surface area contributed by atoms with Gasteiger partial charge in [-0.05, 0) is 42.8 Å². The molecule has 0 saturated heterocycles. The van der Waals surface area contributed by atoms with Crippen molar-refractivity contribution in [1.82, 2.24) is 20.0 Å². The van der Waals surface area contributed by atoms with Gasteiger partial charge in [0.15, 0.2) is 17.3 Å². The highest BCUT2D eigenvalue weighted by Gasteiger charge is 2.20. The minimum Gasteiger partial charge on any atom is -0.497 e. The maximum absolute atomic E-state index is 11.9. The number of rotatable bonds is 6. The number of Topliss-reactive ketones (excluding diaryl/α,β-unsaturated/α-hetero) is 1. The minimum atomic E-state index is -0.152. The third kappa shape index (κ3) is 3.50. The molecule has 7 heteroatoms. The standard InChI is InChI=1S/C18H19N5O2/c1-12(14-5-4-10-19-11-14)20-18-17(13(2)24)21-22-23(18)15-6-8-16(25-3)9-7-15/h4-12,20H,1-3H3. The van der Waals surface area contributed by atoms with Crippen LogP contribution in [0.25, 0.3) is 5.69 Å². The highest BCUT2D eigenvalue weighted by molar-refractivity contribution is 5.97. The summed E-state index contributed by atoms with van der Waals surface area (Å²) in [6.07, 6.45) is 3.51. The van der Waals surface area contributed by atoms with Gasteiger partial charge in [-0.3, -0.25) is 9.78 Å². The molecule has 25 heavy (non-hydrogen) atoms. The number of pyridine rings is 1. The Bertz CT molecular complexity index is 859. The zero-order valence-electron chi connectivity index (χ0n) is 14.3. The van der Waals surface area contributed by atoms with Crippen molar-refractivity contribution in [3.05, 3.63) is 60.0 Å². The van der Waals surface area contributed by atoms with E-state index in [1.54, 1.807) is 24.2 Å². The Labute approximate surface area is 145 Å². The Morgan fingerprint density at radius 2 is 2.00 bits per heavy atom. The SMILES string of the molecule is COc1ccc(-n2nnc(C(C)=O)c2NC(C)c2cccnc2)cc1. The highest BCUT2D eigenvalue weighted by atomic mass is 16.5. The molecule has 0 bridgehead atoms. The molecule has 1 N–H and O–H groups in total. The van der Waals surface area contributed by atoms with Crippen LogP contribution in [-0.2, 0) is 0 Å². The Hall–Kier alpha value is -3.22. The Balaban J connectivity index is 1.98. The van der Waals surface area contributed by atoms with Crippen LogP contribution >= 0.6 is 0 Å². The van der Waals surface area contributed by atoms with Crippen LogP contribution < -0.4 is 10.1 Å². The predicted octanol–water partition coefficient (Wildman–Crippen LogP) is 3.05. The van der Waals surface area contributed by atoms with Crippen LogP contribution in [0.5, 0.6) is 5.75 Å². The van der Waals surface area contributed by atoms with Gasteiger partial charge in [0.25, 0.3) is 0 Å². The second kappa shape index (κ2) is 7.12. The second-order valence-electron chi connectivity index (χ2n) is 5.61. The quantitative estimate of drug-likeness (QED) is 0.696. The smallest absolute Gasteiger partial charge is 0.183 e. The van der Waals surface area contributed by atoms with E-state index in [9.17, 15) is 4.79 Å². The lowest BCUT2D eigenvalue weighted by Gasteiger charge is -2.17. The molecule has 0 aliphatic heterocycles. The molecule has 0 saturated carbocycles. The summed E-state index contributed by atoms with van der Waals surface area (Å²) in [5, 5.41) is 11.5. The molecule has 2 aromatic heterocycles. The minimum absolute atomic E-state index is 0.0673. The number of ketones is 1. The molecule has 128 valence electrons. The topological polar surface area (TPSA) is 81.9 Å². The number of benzene rings is 1. The maximum Gasteiger partial charge on any atom is 0.183 e. The predicted molar refractivity (Wildman–Crippen MR) is 94.2 cm³/mol. The van der Waals surface area contributed by atoms with E-state index >= 15 is 0 Å². The molecule has 0 amide bonds. The molecule has 1 aromatic carbocycles. The van der Waals surface area contributed by atoms with Crippen LogP contribution in [0.1, 0.15) is 35.9 Å². The second-order valence-corrected chi connectivity index (χ2v) is 5.61. The molecule has 3 aromatic rings. The molecule has 0 aliphatic carbocycles. The first-order valence-corrected chi connectivity index (χ1v) is 7.87. The summed E-state index contributed by atoms with van der Waals surface area (Å²) in [6.45, 7) is 3.47. The average molecular weight is 337 g/mol. The number of anilines is 1. The van der Waals surface area contributed by atoms with Gasteiger partial charge in [0.05, 0.1) is 18.8 Å². The van der Waals surface area contributed by atoms with Crippen LogP contribution in [-0.4, -0.2) is 32.9 Å². The van der Waals surface area contributed by atoms with E-state index in [-0.39, 0.29) is 11.8 Å². The lowest BCUT2D eigenvalue weighted by atomic mass is 10.1. The van der Waals surface area contributed by atoms with Crippen molar-refractivity contribution in [3.8, 4) is 11.4 Å². The third-order valence-electron chi connectivity index (χ3n) is 3.86. The van der Waals surface area contributed by atoms with Crippen LogP contribution in [0.15, 0.2) is 48.8 Å². The van der Waals surface area contributed by atoms with E-state index in [0.29, 0.717) is 11.5 Å². The van der Waals surface area contributed by atoms with Crippen molar-refractivity contribution in [2.75, 3.05) is 12.4 Å². The van der Waals surface area contributed by atoms with Crippen molar-refractivity contribution in [2.45, 2.75) is 19.9 Å². The van der Waals surface area contributed by atoms with Crippen LogP contribution in [0.2, 0.25) is 0 Å². The van der Waals surface area contributed by atoms with Crippen molar-refractivity contribution in [3.63, 3.8) is 0 Å².